The molecule has 1 saturated heterocycles. The van der Waals surface area contributed by atoms with E-state index in [1.54, 1.807) is 12.1 Å². The van der Waals surface area contributed by atoms with Crippen LogP contribution < -0.4 is 4.72 Å². The first-order valence-electron chi connectivity index (χ1n) is 5.88. The zero-order valence-corrected chi connectivity index (χ0v) is 13.1. The van der Waals surface area contributed by atoms with E-state index in [0.717, 1.165) is 5.56 Å². The van der Waals surface area contributed by atoms with Crippen molar-refractivity contribution in [1.82, 2.24) is 4.72 Å². The lowest BCUT2D eigenvalue weighted by Gasteiger charge is -2.23. The summed E-state index contributed by atoms with van der Waals surface area (Å²) < 4.78 is 32.4. The van der Waals surface area contributed by atoms with E-state index in [-0.39, 0.29) is 24.5 Å². The summed E-state index contributed by atoms with van der Waals surface area (Å²) in [6.07, 6.45) is 0.102. The van der Waals surface area contributed by atoms with Gasteiger partial charge in [0.05, 0.1) is 11.5 Å². The topological polar surface area (TPSA) is 92.7 Å². The molecule has 1 aromatic rings. The Labute approximate surface area is 125 Å². The van der Waals surface area contributed by atoms with Crippen LogP contribution in [0.25, 0.3) is 0 Å². The Bertz CT molecular complexity index is 637. The molecule has 1 aliphatic heterocycles. The van der Waals surface area contributed by atoms with Crippen molar-refractivity contribution >= 4 is 31.9 Å². The molecule has 1 aliphatic rings. The number of rotatable bonds is 4. The predicted octanol–water partition coefficient (Wildman–Crippen LogP) is 1.28. The number of aliphatic carboxylic acids is 1. The largest absolute Gasteiger partial charge is 0.480 e. The molecule has 1 heterocycles. The molecule has 110 valence electrons. The van der Waals surface area contributed by atoms with Crippen LogP contribution in [0.3, 0.4) is 0 Å². The fraction of sp³-hybridized carbons (Fsp3) is 0.417. The van der Waals surface area contributed by atoms with E-state index in [1.807, 2.05) is 6.92 Å². The molecule has 0 saturated carbocycles. The Kier molecular flexibility index (Phi) is 4.19. The number of benzene rings is 1. The minimum Gasteiger partial charge on any atom is -0.480 e. The lowest BCUT2D eigenvalue weighted by molar-refractivity contribution is -0.144. The molecular formula is C12H14BrNO5S. The maximum absolute atomic E-state index is 12.4. The molecule has 1 atom stereocenters. The van der Waals surface area contributed by atoms with E-state index in [2.05, 4.69) is 20.7 Å². The maximum Gasteiger partial charge on any atom is 0.327 e. The molecule has 0 aliphatic carbocycles. The molecule has 2 rings (SSSR count). The lowest BCUT2D eigenvalue weighted by atomic mass is 10.0. The minimum absolute atomic E-state index is 0.00984. The van der Waals surface area contributed by atoms with Crippen molar-refractivity contribution < 1.29 is 23.1 Å². The molecule has 20 heavy (non-hydrogen) atoms. The van der Waals surface area contributed by atoms with Crippen LogP contribution in [0.15, 0.2) is 27.6 Å². The van der Waals surface area contributed by atoms with E-state index in [4.69, 9.17) is 4.74 Å². The normalized spacial score (nSPS) is 22.9. The Balaban J connectivity index is 2.38. The summed E-state index contributed by atoms with van der Waals surface area (Å²) in [6.45, 7) is 1.87. The Morgan fingerprint density at radius 2 is 2.20 bits per heavy atom. The van der Waals surface area contributed by atoms with Gasteiger partial charge in [0.1, 0.15) is 0 Å². The van der Waals surface area contributed by atoms with E-state index in [0.29, 0.717) is 4.47 Å². The number of carboxylic acid groups (broad SMARTS) is 1. The summed E-state index contributed by atoms with van der Waals surface area (Å²) in [5.41, 5.74) is -0.698. The van der Waals surface area contributed by atoms with E-state index in [1.165, 1.54) is 6.07 Å². The van der Waals surface area contributed by atoms with Gasteiger partial charge in [-0.1, -0.05) is 6.07 Å². The van der Waals surface area contributed by atoms with Gasteiger partial charge in [-0.2, -0.15) is 4.72 Å². The second kappa shape index (κ2) is 5.44. The summed E-state index contributed by atoms with van der Waals surface area (Å²) in [4.78, 5) is 11.4. The molecule has 1 unspecified atom stereocenters. The highest BCUT2D eigenvalue weighted by molar-refractivity contribution is 9.10. The van der Waals surface area contributed by atoms with Crippen molar-refractivity contribution in [3.63, 3.8) is 0 Å². The van der Waals surface area contributed by atoms with E-state index in [9.17, 15) is 18.3 Å². The van der Waals surface area contributed by atoms with E-state index >= 15 is 0 Å². The van der Waals surface area contributed by atoms with Crippen LogP contribution in [0.1, 0.15) is 12.0 Å². The number of aryl methyl sites for hydroxylation is 1. The van der Waals surface area contributed by atoms with Crippen LogP contribution in [-0.2, 0) is 19.6 Å². The fourth-order valence-electron chi connectivity index (χ4n) is 1.99. The van der Waals surface area contributed by atoms with Gasteiger partial charge in [-0.15, -0.1) is 0 Å². The second-order valence-electron chi connectivity index (χ2n) is 4.73. The number of hydrogen-bond acceptors (Lipinski definition) is 4. The number of carboxylic acids is 1. The molecule has 0 bridgehead atoms. The Morgan fingerprint density at radius 3 is 2.70 bits per heavy atom. The van der Waals surface area contributed by atoms with Gasteiger partial charge >= 0.3 is 5.97 Å². The number of nitrogens with one attached hydrogen (secondary N) is 1. The smallest absolute Gasteiger partial charge is 0.327 e. The third kappa shape index (κ3) is 2.88. The van der Waals surface area contributed by atoms with Crippen LogP contribution in [0.5, 0.6) is 0 Å². The molecule has 0 radical (unpaired) electrons. The third-order valence-electron chi connectivity index (χ3n) is 3.14. The Morgan fingerprint density at radius 1 is 1.50 bits per heavy atom. The van der Waals surface area contributed by atoms with Gasteiger partial charge in [-0.25, -0.2) is 8.42 Å². The second-order valence-corrected chi connectivity index (χ2v) is 7.23. The molecule has 6 nitrogen and oxygen atoms in total. The number of hydrogen-bond donors (Lipinski definition) is 2. The van der Waals surface area contributed by atoms with Crippen LogP contribution in [-0.4, -0.2) is 38.2 Å². The summed E-state index contributed by atoms with van der Waals surface area (Å²) in [5, 5.41) is 9.27. The zero-order valence-electron chi connectivity index (χ0n) is 10.7. The fourth-order valence-corrected chi connectivity index (χ4v) is 4.56. The lowest BCUT2D eigenvalue weighted by Crippen LogP contribution is -2.55. The standard InChI is InChI=1S/C12H14BrNO5S/c1-8-2-3-10(9(13)6-8)20(17,18)14-12(11(15)16)4-5-19-7-12/h2-3,6,14H,4-5,7H2,1H3,(H,15,16). The minimum atomic E-state index is -3.95. The van der Waals surface area contributed by atoms with Gasteiger partial charge in [0.25, 0.3) is 0 Å². The predicted molar refractivity (Wildman–Crippen MR) is 75.0 cm³/mol. The van der Waals surface area contributed by atoms with Crippen LogP contribution in [0, 0.1) is 6.92 Å². The first-order chi connectivity index (χ1) is 9.27. The highest BCUT2D eigenvalue weighted by atomic mass is 79.9. The summed E-state index contributed by atoms with van der Waals surface area (Å²) >= 11 is 3.19. The molecule has 0 amide bonds. The molecule has 0 aromatic heterocycles. The molecule has 8 heteroatoms. The summed E-state index contributed by atoms with van der Waals surface area (Å²) in [7, 11) is -3.95. The van der Waals surface area contributed by atoms with Crippen molar-refractivity contribution in [2.24, 2.45) is 0 Å². The highest BCUT2D eigenvalue weighted by Gasteiger charge is 2.46. The van der Waals surface area contributed by atoms with Gasteiger partial charge in [-0.3, -0.25) is 4.79 Å². The zero-order chi connectivity index (χ0) is 15.0. The number of halogens is 1. The van der Waals surface area contributed by atoms with Crippen molar-refractivity contribution in [3.8, 4) is 0 Å². The monoisotopic (exact) mass is 363 g/mol. The molecule has 1 fully saturated rings. The molecular weight excluding hydrogens is 350 g/mol. The van der Waals surface area contributed by atoms with Crippen LogP contribution in [0.2, 0.25) is 0 Å². The number of ether oxygens (including phenoxy) is 1. The van der Waals surface area contributed by atoms with Gasteiger partial charge in [0.2, 0.25) is 10.0 Å². The van der Waals surface area contributed by atoms with Gasteiger partial charge < -0.3 is 9.84 Å². The summed E-state index contributed by atoms with van der Waals surface area (Å²) in [6, 6.07) is 4.75. The van der Waals surface area contributed by atoms with E-state index < -0.39 is 21.5 Å². The third-order valence-corrected chi connectivity index (χ3v) is 5.65. The first-order valence-corrected chi connectivity index (χ1v) is 8.16. The van der Waals surface area contributed by atoms with Crippen LogP contribution >= 0.6 is 15.9 Å². The van der Waals surface area contributed by atoms with Gasteiger partial charge in [0.15, 0.2) is 5.54 Å². The Hall–Kier alpha value is -0.960. The first kappa shape index (κ1) is 15.4. The molecule has 1 aromatic carbocycles. The molecule has 2 N–H and O–H groups in total. The molecule has 0 spiro atoms. The van der Waals surface area contributed by atoms with Crippen molar-refractivity contribution in [2.75, 3.05) is 13.2 Å². The average Bonchev–Trinajstić information content (AvgIpc) is 2.77. The quantitative estimate of drug-likeness (QED) is 0.840. The van der Waals surface area contributed by atoms with Gasteiger partial charge in [-0.05, 0) is 40.5 Å². The number of sulfonamides is 1. The van der Waals surface area contributed by atoms with Crippen molar-refractivity contribution in [2.45, 2.75) is 23.8 Å². The van der Waals surface area contributed by atoms with Crippen molar-refractivity contribution in [3.05, 3.63) is 28.2 Å². The average molecular weight is 364 g/mol. The summed E-state index contributed by atoms with van der Waals surface area (Å²) in [5.74, 6) is -1.23. The maximum atomic E-state index is 12.4. The van der Waals surface area contributed by atoms with Crippen molar-refractivity contribution in [1.29, 1.82) is 0 Å². The van der Waals surface area contributed by atoms with Crippen LogP contribution in [0.4, 0.5) is 0 Å². The highest BCUT2D eigenvalue weighted by Crippen LogP contribution is 2.27. The van der Waals surface area contributed by atoms with Gasteiger partial charge in [0, 0.05) is 17.5 Å². The SMILES string of the molecule is Cc1ccc(S(=O)(=O)NC2(C(=O)O)CCOC2)c(Br)c1. The number of carbonyl (C=O) groups is 1.